The number of hydrogen-bond donors (Lipinski definition) is 2. The van der Waals surface area contributed by atoms with Gasteiger partial charge in [0.15, 0.2) is 0 Å². The van der Waals surface area contributed by atoms with Gasteiger partial charge in [-0.3, -0.25) is 14.4 Å². The van der Waals surface area contributed by atoms with Crippen molar-refractivity contribution in [2.24, 2.45) is 5.92 Å². The van der Waals surface area contributed by atoms with E-state index >= 15 is 0 Å². The van der Waals surface area contributed by atoms with Gasteiger partial charge in [-0.2, -0.15) is 4.98 Å². The molecule has 2 aliphatic heterocycles. The van der Waals surface area contributed by atoms with Crippen molar-refractivity contribution >= 4 is 23.8 Å². The average Bonchev–Trinajstić information content (AvgIpc) is 3.54. The molecule has 4 atom stereocenters. The molecule has 1 saturated carbocycles. The van der Waals surface area contributed by atoms with E-state index in [4.69, 9.17) is 14.0 Å². The van der Waals surface area contributed by atoms with Crippen LogP contribution in [-0.4, -0.2) is 69.6 Å². The Morgan fingerprint density at radius 2 is 1.89 bits per heavy atom. The molecule has 0 unspecified atom stereocenters. The zero-order chi connectivity index (χ0) is 30.8. The number of carboxylic acid groups (broad SMARTS) is 1. The standard InChI is InChI=1S/C32H34N4O8/c1-18(34-30(38)29-33-17-43-35-29)28(21-8-6-20(7-9-21)19-4-5-19)44-24-10-11-25(32(40)41)26(14-24)22-3-2-12-36(15-22)31(39)23-13-27(37)42-16-23/h6-11,14,17-19,22-23,28H,2-5,12-13,15-16H2,1H3,(H,34,38)(H,40,41)/t18-,22+,23+,28-/m0/s1. The SMILES string of the molecule is C[C@H](NC(=O)c1ncon1)[C@H](Oc1ccc(C(=O)O)c([C@@H]2CCCN(C(=O)[C@H]3COC(=O)C3)C2)c1)c1ccc(C2CC2)cc1. The first kappa shape index (κ1) is 29.3. The Kier molecular flexibility index (Phi) is 8.32. The average molecular weight is 603 g/mol. The van der Waals surface area contributed by atoms with Crippen molar-refractivity contribution in [1.29, 1.82) is 0 Å². The van der Waals surface area contributed by atoms with Gasteiger partial charge in [0.1, 0.15) is 18.5 Å². The van der Waals surface area contributed by atoms with Crippen molar-refractivity contribution < 1.29 is 38.3 Å². The fourth-order valence-electron chi connectivity index (χ4n) is 6.10. The van der Waals surface area contributed by atoms with E-state index in [0.717, 1.165) is 12.0 Å². The largest absolute Gasteiger partial charge is 0.484 e. The summed E-state index contributed by atoms with van der Waals surface area (Å²) in [4.78, 5) is 55.3. The number of aromatic nitrogens is 2. The summed E-state index contributed by atoms with van der Waals surface area (Å²) < 4.78 is 16.2. The van der Waals surface area contributed by atoms with E-state index in [1.165, 1.54) is 24.5 Å². The lowest BCUT2D eigenvalue weighted by molar-refractivity contribution is -0.138. The third kappa shape index (κ3) is 6.43. The first-order valence-corrected chi connectivity index (χ1v) is 14.9. The van der Waals surface area contributed by atoms with Crippen LogP contribution in [0, 0.1) is 5.92 Å². The number of nitrogens with zero attached hydrogens (tertiary/aromatic N) is 3. The molecule has 2 saturated heterocycles. The van der Waals surface area contributed by atoms with Crippen LogP contribution < -0.4 is 10.1 Å². The van der Waals surface area contributed by atoms with Gasteiger partial charge in [0.25, 0.3) is 11.7 Å². The van der Waals surface area contributed by atoms with Crippen LogP contribution in [-0.2, 0) is 14.3 Å². The van der Waals surface area contributed by atoms with Crippen LogP contribution in [0.2, 0.25) is 0 Å². The zero-order valence-corrected chi connectivity index (χ0v) is 24.3. The number of carbonyl (C=O) groups is 4. The van der Waals surface area contributed by atoms with Crippen molar-refractivity contribution in [3.05, 3.63) is 76.9 Å². The molecule has 0 bridgehead atoms. The number of likely N-dealkylation sites (tertiary alicyclic amines) is 1. The normalized spacial score (nSPS) is 21.3. The predicted molar refractivity (Wildman–Crippen MR) is 154 cm³/mol. The molecule has 3 aliphatic rings. The summed E-state index contributed by atoms with van der Waals surface area (Å²) in [5.41, 5.74) is 2.80. The Hall–Kier alpha value is -4.74. The van der Waals surface area contributed by atoms with Crippen molar-refractivity contribution in [2.75, 3.05) is 19.7 Å². The Bertz CT molecular complexity index is 1540. The number of amides is 2. The molecule has 2 amide bonds. The van der Waals surface area contributed by atoms with Gasteiger partial charge in [-0.05, 0) is 73.4 Å². The number of carboxylic acids is 1. The highest BCUT2D eigenvalue weighted by Crippen LogP contribution is 2.41. The van der Waals surface area contributed by atoms with Crippen LogP contribution >= 0.6 is 0 Å². The van der Waals surface area contributed by atoms with Crippen molar-refractivity contribution in [1.82, 2.24) is 20.4 Å². The minimum absolute atomic E-state index is 0.0637. The smallest absolute Gasteiger partial charge is 0.335 e. The molecule has 3 fully saturated rings. The maximum absolute atomic E-state index is 13.1. The highest BCUT2D eigenvalue weighted by molar-refractivity contribution is 5.91. The Morgan fingerprint density at radius 3 is 2.55 bits per heavy atom. The predicted octanol–water partition coefficient (Wildman–Crippen LogP) is 3.85. The molecule has 44 heavy (non-hydrogen) atoms. The van der Waals surface area contributed by atoms with Crippen LogP contribution in [0.1, 0.15) is 94.6 Å². The van der Waals surface area contributed by atoms with Gasteiger partial charge in [0.05, 0.1) is 23.9 Å². The summed E-state index contributed by atoms with van der Waals surface area (Å²) in [6.45, 7) is 2.75. The zero-order valence-electron chi connectivity index (χ0n) is 24.3. The van der Waals surface area contributed by atoms with Crippen molar-refractivity contribution in [2.45, 2.75) is 63.0 Å². The van der Waals surface area contributed by atoms with Gasteiger partial charge in [-0.25, -0.2) is 4.79 Å². The van der Waals surface area contributed by atoms with E-state index in [0.29, 0.717) is 43.2 Å². The lowest BCUT2D eigenvalue weighted by Gasteiger charge is -2.35. The Morgan fingerprint density at radius 1 is 1.09 bits per heavy atom. The number of ether oxygens (including phenoxy) is 2. The fraction of sp³-hybridized carbons (Fsp3) is 0.438. The molecule has 3 heterocycles. The number of piperidine rings is 1. The molecule has 230 valence electrons. The van der Waals surface area contributed by atoms with Crippen molar-refractivity contribution in [3.8, 4) is 5.75 Å². The molecule has 1 aliphatic carbocycles. The van der Waals surface area contributed by atoms with Crippen molar-refractivity contribution in [3.63, 3.8) is 0 Å². The molecule has 0 radical (unpaired) electrons. The number of hydrogen-bond acceptors (Lipinski definition) is 9. The molecule has 6 rings (SSSR count). The number of benzene rings is 2. The number of esters is 1. The topological polar surface area (TPSA) is 161 Å². The van der Waals surface area contributed by atoms with Crippen LogP contribution in [0.25, 0.3) is 0 Å². The minimum atomic E-state index is -1.07. The summed E-state index contributed by atoms with van der Waals surface area (Å²) in [6.07, 6.45) is 4.24. The molecule has 12 nitrogen and oxygen atoms in total. The van der Waals surface area contributed by atoms with E-state index < -0.39 is 29.9 Å². The molecule has 0 spiro atoms. The second kappa shape index (κ2) is 12.5. The van der Waals surface area contributed by atoms with Gasteiger partial charge in [0.2, 0.25) is 12.3 Å². The van der Waals surface area contributed by atoms with Gasteiger partial charge in [-0.15, -0.1) is 0 Å². The third-order valence-corrected chi connectivity index (χ3v) is 8.59. The molecule has 2 N–H and O–H groups in total. The molecular formula is C32H34N4O8. The highest BCUT2D eigenvalue weighted by Gasteiger charge is 2.36. The molecule has 2 aromatic carbocycles. The monoisotopic (exact) mass is 602 g/mol. The third-order valence-electron chi connectivity index (χ3n) is 8.59. The number of aromatic carboxylic acids is 1. The highest BCUT2D eigenvalue weighted by atomic mass is 16.5. The van der Waals surface area contributed by atoms with Crippen LogP contribution in [0.4, 0.5) is 0 Å². The summed E-state index contributed by atoms with van der Waals surface area (Å²) in [7, 11) is 0. The number of cyclic esters (lactones) is 1. The van der Waals surface area contributed by atoms with Crippen LogP contribution in [0.15, 0.2) is 53.4 Å². The van der Waals surface area contributed by atoms with Gasteiger partial charge >= 0.3 is 11.9 Å². The second-order valence-corrected chi connectivity index (χ2v) is 11.8. The Labute approximate surface area is 253 Å². The maximum Gasteiger partial charge on any atom is 0.335 e. The van der Waals surface area contributed by atoms with E-state index in [1.54, 1.807) is 17.0 Å². The summed E-state index contributed by atoms with van der Waals surface area (Å²) >= 11 is 0. The summed E-state index contributed by atoms with van der Waals surface area (Å²) in [5, 5.41) is 16.5. The van der Waals surface area contributed by atoms with E-state index in [1.807, 2.05) is 19.1 Å². The lowest BCUT2D eigenvalue weighted by Crippen LogP contribution is -2.42. The Balaban J connectivity index is 1.26. The van der Waals surface area contributed by atoms with E-state index in [2.05, 4.69) is 27.6 Å². The molecule has 1 aromatic heterocycles. The van der Waals surface area contributed by atoms with Gasteiger partial charge in [-0.1, -0.05) is 29.4 Å². The molecule has 12 heteroatoms. The first-order valence-electron chi connectivity index (χ1n) is 14.9. The minimum Gasteiger partial charge on any atom is -0.484 e. The van der Waals surface area contributed by atoms with Crippen LogP contribution in [0.3, 0.4) is 0 Å². The van der Waals surface area contributed by atoms with E-state index in [-0.39, 0.29) is 42.2 Å². The fourth-order valence-corrected chi connectivity index (χ4v) is 6.10. The second-order valence-electron chi connectivity index (χ2n) is 11.8. The van der Waals surface area contributed by atoms with Crippen LogP contribution in [0.5, 0.6) is 5.75 Å². The lowest BCUT2D eigenvalue weighted by atomic mass is 9.86. The number of rotatable bonds is 10. The van der Waals surface area contributed by atoms with Gasteiger partial charge < -0.3 is 29.3 Å². The molecular weight excluding hydrogens is 568 g/mol. The summed E-state index contributed by atoms with van der Waals surface area (Å²) in [6, 6.07) is 12.5. The summed E-state index contributed by atoms with van der Waals surface area (Å²) in [5.74, 6) is -1.96. The van der Waals surface area contributed by atoms with E-state index in [9.17, 15) is 24.3 Å². The van der Waals surface area contributed by atoms with Gasteiger partial charge in [0, 0.05) is 19.0 Å². The number of carbonyl (C=O) groups excluding carboxylic acids is 3. The maximum atomic E-state index is 13.1. The molecule has 3 aromatic rings. The first-order chi connectivity index (χ1) is 21.3. The number of nitrogens with one attached hydrogen (secondary N) is 1. The quantitative estimate of drug-likeness (QED) is 0.326.